The number of amides is 2. The SMILES string of the molecule is CC(C)C1NC(=O)[C@@H](NC(=O)[C@@H](O)C(C)C)Cc2ccc3c(c2)C24c5cccc(c5N[C@H]2O3)-c2cccc3[nH]cc(c23)-c2cnc(o2)-c2nc1oc24. The molecule has 262 valence electrons. The van der Waals surface area contributed by atoms with Gasteiger partial charge in [0.1, 0.15) is 29.4 Å². The van der Waals surface area contributed by atoms with Crippen LogP contribution >= 0.6 is 0 Å². The second-order valence-corrected chi connectivity index (χ2v) is 14.9. The molecule has 2 amide bonds. The Hall–Kier alpha value is -5.88. The van der Waals surface area contributed by atoms with E-state index in [0.29, 0.717) is 23.0 Å². The predicted molar refractivity (Wildman–Crippen MR) is 191 cm³/mol. The number of nitrogens with zero attached hydrogens (tertiary/aromatic N) is 2. The van der Waals surface area contributed by atoms with E-state index >= 15 is 0 Å². The van der Waals surface area contributed by atoms with Crippen LogP contribution in [-0.4, -0.2) is 50.2 Å². The summed E-state index contributed by atoms with van der Waals surface area (Å²) in [7, 11) is 0. The number of aliphatic hydroxyl groups is 1. The van der Waals surface area contributed by atoms with Crippen molar-refractivity contribution in [2.75, 3.05) is 5.32 Å². The van der Waals surface area contributed by atoms with Gasteiger partial charge in [-0.25, -0.2) is 9.97 Å². The molecule has 10 bridgehead atoms. The van der Waals surface area contributed by atoms with Gasteiger partial charge in [-0.3, -0.25) is 9.59 Å². The fourth-order valence-corrected chi connectivity index (χ4v) is 8.42. The van der Waals surface area contributed by atoms with Gasteiger partial charge in [0, 0.05) is 51.5 Å². The molecule has 52 heavy (non-hydrogen) atoms. The fourth-order valence-electron chi connectivity index (χ4n) is 8.42. The Labute approximate surface area is 298 Å². The van der Waals surface area contributed by atoms with Crippen molar-refractivity contribution in [1.82, 2.24) is 25.6 Å². The third kappa shape index (κ3) is 4.12. The van der Waals surface area contributed by atoms with Crippen LogP contribution < -0.4 is 20.7 Å². The molecule has 5 atom stereocenters. The number of aromatic amines is 1. The zero-order valence-electron chi connectivity index (χ0n) is 28.9. The van der Waals surface area contributed by atoms with Crippen molar-refractivity contribution >= 4 is 28.4 Å². The van der Waals surface area contributed by atoms with E-state index in [1.54, 1.807) is 20.0 Å². The highest BCUT2D eigenvalue weighted by molar-refractivity contribution is 6.07. The first-order valence-electron chi connectivity index (χ1n) is 17.7. The van der Waals surface area contributed by atoms with Crippen molar-refractivity contribution in [1.29, 1.82) is 0 Å². The number of hydrogen-bond donors (Lipinski definition) is 5. The normalized spacial score (nSPS) is 22.6. The molecule has 5 N–H and O–H groups in total. The number of para-hydroxylation sites is 1. The molecular weight excluding hydrogens is 660 g/mol. The van der Waals surface area contributed by atoms with Gasteiger partial charge in [-0.05, 0) is 35.1 Å². The maximum Gasteiger partial charge on any atom is 0.249 e. The summed E-state index contributed by atoms with van der Waals surface area (Å²) in [4.78, 5) is 40.6. The van der Waals surface area contributed by atoms with Crippen molar-refractivity contribution in [3.63, 3.8) is 0 Å². The average molecular weight is 697 g/mol. The van der Waals surface area contributed by atoms with Crippen molar-refractivity contribution in [2.24, 2.45) is 11.8 Å². The molecule has 4 aliphatic heterocycles. The predicted octanol–water partition coefficient (Wildman–Crippen LogP) is 5.81. The van der Waals surface area contributed by atoms with E-state index < -0.39 is 41.6 Å². The van der Waals surface area contributed by atoms with E-state index in [2.05, 4.69) is 45.2 Å². The summed E-state index contributed by atoms with van der Waals surface area (Å²) in [5.74, 6) is 0.694. The van der Waals surface area contributed by atoms with Crippen LogP contribution in [0.1, 0.15) is 62.1 Å². The van der Waals surface area contributed by atoms with Gasteiger partial charge in [-0.1, -0.05) is 70.2 Å². The Morgan fingerprint density at radius 3 is 2.65 bits per heavy atom. The molecule has 0 saturated carbocycles. The Bertz CT molecular complexity index is 2480. The molecule has 1 spiro atoms. The first kappa shape index (κ1) is 30.9. The number of oxazole rings is 2. The lowest BCUT2D eigenvalue weighted by atomic mass is 9.72. The maximum atomic E-state index is 14.1. The van der Waals surface area contributed by atoms with Crippen molar-refractivity contribution < 1.29 is 28.3 Å². The Morgan fingerprint density at radius 2 is 1.83 bits per heavy atom. The molecule has 0 aliphatic carbocycles. The van der Waals surface area contributed by atoms with Crippen molar-refractivity contribution in [3.05, 3.63) is 95.3 Å². The number of H-pyrrole nitrogens is 1. The van der Waals surface area contributed by atoms with E-state index in [4.69, 9.17) is 23.5 Å². The summed E-state index contributed by atoms with van der Waals surface area (Å²) < 4.78 is 20.4. The molecule has 0 fully saturated rings. The van der Waals surface area contributed by atoms with E-state index in [-0.39, 0.29) is 30.0 Å². The summed E-state index contributed by atoms with van der Waals surface area (Å²) in [6.07, 6.45) is 1.90. The number of rotatable bonds is 4. The second kappa shape index (κ2) is 10.8. The van der Waals surface area contributed by atoms with E-state index in [0.717, 1.165) is 50.0 Å². The molecule has 0 saturated heterocycles. The molecule has 7 heterocycles. The summed E-state index contributed by atoms with van der Waals surface area (Å²) in [6.45, 7) is 7.44. The third-order valence-electron chi connectivity index (χ3n) is 11.0. The summed E-state index contributed by atoms with van der Waals surface area (Å²) in [5, 5.41) is 21.3. The minimum Gasteiger partial charge on any atom is -0.469 e. The largest absolute Gasteiger partial charge is 0.469 e. The number of ether oxygens (including phenoxy) is 1. The molecule has 12 heteroatoms. The van der Waals surface area contributed by atoms with Gasteiger partial charge in [-0.15, -0.1) is 0 Å². The number of anilines is 1. The van der Waals surface area contributed by atoms with Gasteiger partial charge >= 0.3 is 0 Å². The molecule has 3 aromatic carbocycles. The lowest BCUT2D eigenvalue weighted by Gasteiger charge is -2.29. The topological polar surface area (TPSA) is 168 Å². The summed E-state index contributed by atoms with van der Waals surface area (Å²) in [5.41, 5.74) is 6.61. The van der Waals surface area contributed by atoms with Crippen molar-refractivity contribution in [2.45, 2.75) is 63.9 Å². The first-order valence-corrected chi connectivity index (χ1v) is 17.7. The highest BCUT2D eigenvalue weighted by Gasteiger charge is 2.61. The minimum absolute atomic E-state index is 0.169. The number of carbonyl (C=O) groups is 2. The van der Waals surface area contributed by atoms with E-state index in [1.807, 2.05) is 50.4 Å². The molecule has 6 aromatic rings. The van der Waals surface area contributed by atoms with Gasteiger partial charge in [0.15, 0.2) is 23.4 Å². The molecule has 3 aromatic heterocycles. The standard InChI is InChI=1S/C40H36N6O6/c1-17(2)30-38-45-32-34(52-38)40-23-9-5-8-21(20-7-6-10-25-29(20)22(15-41-25)28-16-42-37(32)50-28)31(23)46-39(40)51-27-12-11-19(13-24(27)40)14-26(35(48)44-30)43-36(49)33(47)18(3)4/h5-13,15-18,26,30,33,39,41,46-47H,14H2,1-4H3,(H,43,49)(H,44,48)/t26-,30?,33-,39-,40?/m0/s1. The molecule has 4 aliphatic rings. The quantitative estimate of drug-likeness (QED) is 0.153. The third-order valence-corrected chi connectivity index (χ3v) is 11.0. The highest BCUT2D eigenvalue weighted by atomic mass is 16.5. The van der Waals surface area contributed by atoms with Gasteiger partial charge in [-0.2, -0.15) is 0 Å². The Kier molecular flexibility index (Phi) is 6.43. The monoisotopic (exact) mass is 696 g/mol. The van der Waals surface area contributed by atoms with E-state index in [9.17, 15) is 14.7 Å². The minimum atomic E-state index is -1.28. The Morgan fingerprint density at radius 1 is 1.00 bits per heavy atom. The van der Waals surface area contributed by atoms with Crippen LogP contribution in [0.15, 0.2) is 75.8 Å². The molecule has 0 radical (unpaired) electrons. The van der Waals surface area contributed by atoms with Gasteiger partial charge in [0.05, 0.1) is 6.20 Å². The van der Waals surface area contributed by atoms with Crippen molar-refractivity contribution in [3.8, 4) is 39.8 Å². The summed E-state index contributed by atoms with van der Waals surface area (Å²) >= 11 is 0. The number of benzene rings is 3. The number of carbonyl (C=O) groups excluding carboxylic acids is 2. The molecule has 10 rings (SSSR count). The first-order chi connectivity index (χ1) is 25.1. The number of aromatic nitrogens is 3. The van der Waals surface area contributed by atoms with Crippen LogP contribution in [0.2, 0.25) is 0 Å². The lowest BCUT2D eigenvalue weighted by molar-refractivity contribution is -0.135. The van der Waals surface area contributed by atoms with Crippen LogP contribution in [-0.2, 0) is 21.4 Å². The maximum absolute atomic E-state index is 14.1. The summed E-state index contributed by atoms with van der Waals surface area (Å²) in [6, 6.07) is 16.6. The number of nitrogens with one attached hydrogen (secondary N) is 4. The average Bonchev–Trinajstić information content (AvgIpc) is 3.95. The number of fused-ring (bicyclic) bond motifs is 7. The van der Waals surface area contributed by atoms with Crippen LogP contribution in [0.3, 0.4) is 0 Å². The van der Waals surface area contributed by atoms with Crippen LogP contribution in [0.5, 0.6) is 5.75 Å². The Balaban J connectivity index is 1.28. The van der Waals surface area contributed by atoms with E-state index in [1.165, 1.54) is 0 Å². The van der Waals surface area contributed by atoms with Gasteiger partial charge in [0.2, 0.25) is 23.6 Å². The zero-order valence-corrected chi connectivity index (χ0v) is 28.9. The molecular formula is C40H36N6O6. The fraction of sp³-hybridized carbons (Fsp3) is 0.300. The highest BCUT2D eigenvalue weighted by Crippen LogP contribution is 2.61. The number of hydrogen-bond acceptors (Lipinski definition) is 9. The van der Waals surface area contributed by atoms with Gasteiger partial charge < -0.3 is 39.6 Å². The smallest absolute Gasteiger partial charge is 0.249 e. The lowest BCUT2D eigenvalue weighted by Crippen LogP contribution is -2.52. The molecule has 2 unspecified atom stereocenters. The van der Waals surface area contributed by atoms with Crippen LogP contribution in [0.4, 0.5) is 5.69 Å². The van der Waals surface area contributed by atoms with Gasteiger partial charge in [0.25, 0.3) is 0 Å². The zero-order chi connectivity index (χ0) is 35.6. The second-order valence-electron chi connectivity index (χ2n) is 14.9. The van der Waals surface area contributed by atoms with Crippen LogP contribution in [0, 0.1) is 11.8 Å². The molecule has 12 nitrogen and oxygen atoms in total. The van der Waals surface area contributed by atoms with Crippen LogP contribution in [0.25, 0.3) is 44.9 Å². The number of aliphatic hydroxyl groups excluding tert-OH is 1.